The number of nitrogens with zero attached hydrogens (tertiary/aromatic N) is 6. The summed E-state index contributed by atoms with van der Waals surface area (Å²) in [5, 5.41) is 17.4. The van der Waals surface area contributed by atoms with Crippen molar-refractivity contribution in [2.24, 2.45) is 5.10 Å². The van der Waals surface area contributed by atoms with E-state index in [-0.39, 0.29) is 23.8 Å². The van der Waals surface area contributed by atoms with Crippen LogP contribution in [0.4, 0.5) is 4.39 Å². The van der Waals surface area contributed by atoms with Gasteiger partial charge in [-0.05, 0) is 56.8 Å². The number of halogens is 1. The van der Waals surface area contributed by atoms with E-state index >= 15 is 0 Å². The van der Waals surface area contributed by atoms with Crippen molar-refractivity contribution in [2.45, 2.75) is 52.2 Å². The van der Waals surface area contributed by atoms with Gasteiger partial charge in [0.1, 0.15) is 17.9 Å². The normalized spacial score (nSPS) is 16.2. The number of rotatable bonds is 4. The maximum atomic E-state index is 13.6. The summed E-state index contributed by atoms with van der Waals surface area (Å²) in [6, 6.07) is 9.55. The van der Waals surface area contributed by atoms with Crippen molar-refractivity contribution in [1.82, 2.24) is 24.6 Å². The van der Waals surface area contributed by atoms with Crippen molar-refractivity contribution in [3.05, 3.63) is 80.3 Å². The number of benzene rings is 1. The van der Waals surface area contributed by atoms with E-state index in [0.717, 1.165) is 16.2 Å². The van der Waals surface area contributed by atoms with Crippen molar-refractivity contribution in [1.29, 1.82) is 0 Å². The fourth-order valence-electron chi connectivity index (χ4n) is 4.31. The monoisotopic (exact) mass is 492 g/mol. The summed E-state index contributed by atoms with van der Waals surface area (Å²) >= 11 is 1.54. The highest BCUT2D eigenvalue weighted by atomic mass is 32.1. The SMILES string of the molecule is Cc1nn(CC(=O)N2N=C(c3cccs3)CC2c2ccc(F)cc2)c(=O)c2c1cnn2C(C)(C)C. The molecule has 1 atom stereocenters. The summed E-state index contributed by atoms with van der Waals surface area (Å²) in [7, 11) is 0. The van der Waals surface area contributed by atoms with Crippen LogP contribution < -0.4 is 5.56 Å². The van der Waals surface area contributed by atoms with Crippen LogP contribution in [0.2, 0.25) is 0 Å². The average Bonchev–Trinajstić information content (AvgIpc) is 3.56. The van der Waals surface area contributed by atoms with Crippen LogP contribution in [0, 0.1) is 12.7 Å². The molecule has 0 radical (unpaired) electrons. The van der Waals surface area contributed by atoms with E-state index in [2.05, 4.69) is 15.3 Å². The molecule has 1 aliphatic rings. The van der Waals surface area contributed by atoms with Gasteiger partial charge in [-0.3, -0.25) is 14.3 Å². The number of hydrazone groups is 1. The fraction of sp³-hybridized carbons (Fsp3) is 0.320. The Bertz CT molecular complexity index is 1500. The fourth-order valence-corrected chi connectivity index (χ4v) is 5.04. The molecule has 0 fully saturated rings. The van der Waals surface area contributed by atoms with Crippen LogP contribution in [-0.4, -0.2) is 36.2 Å². The Balaban J connectivity index is 1.53. The number of aromatic nitrogens is 4. The number of carbonyl (C=O) groups is 1. The lowest BCUT2D eigenvalue weighted by Crippen LogP contribution is -2.36. The van der Waals surface area contributed by atoms with Gasteiger partial charge in [0, 0.05) is 11.8 Å². The first-order valence-electron chi connectivity index (χ1n) is 11.3. The standard InChI is InChI=1S/C25H25FN6O2S/c1-15-18-13-27-32(25(2,3)4)23(18)24(34)30(28-15)14-22(33)31-20(16-7-9-17(26)10-8-16)12-19(29-31)21-6-5-11-35-21/h5-11,13,20H,12,14H2,1-4H3. The highest BCUT2D eigenvalue weighted by Gasteiger charge is 2.34. The third-order valence-corrected chi connectivity index (χ3v) is 6.93. The molecule has 0 saturated carbocycles. The minimum absolute atomic E-state index is 0.274. The van der Waals surface area contributed by atoms with Crippen molar-refractivity contribution >= 4 is 33.9 Å². The van der Waals surface area contributed by atoms with Crippen LogP contribution >= 0.6 is 11.3 Å². The summed E-state index contributed by atoms with van der Waals surface area (Å²) < 4.78 is 16.4. The van der Waals surface area contributed by atoms with Gasteiger partial charge in [0.2, 0.25) is 0 Å². The molecule has 4 aromatic rings. The van der Waals surface area contributed by atoms with E-state index < -0.39 is 11.6 Å². The predicted octanol–water partition coefficient (Wildman–Crippen LogP) is 4.23. The molecule has 4 heterocycles. The lowest BCUT2D eigenvalue weighted by molar-refractivity contribution is -0.133. The van der Waals surface area contributed by atoms with E-state index in [0.29, 0.717) is 23.0 Å². The molecule has 1 unspecified atom stereocenters. The zero-order valence-electron chi connectivity index (χ0n) is 19.9. The number of fused-ring (bicyclic) bond motifs is 1. The molecular formula is C25H25FN6O2S. The van der Waals surface area contributed by atoms with Gasteiger partial charge in [-0.2, -0.15) is 15.3 Å². The van der Waals surface area contributed by atoms with E-state index in [1.165, 1.54) is 21.8 Å². The number of amides is 1. The van der Waals surface area contributed by atoms with Crippen molar-refractivity contribution < 1.29 is 9.18 Å². The first kappa shape index (κ1) is 23.1. The summed E-state index contributed by atoms with van der Waals surface area (Å²) in [4.78, 5) is 27.9. The van der Waals surface area contributed by atoms with Crippen LogP contribution in [0.1, 0.15) is 49.4 Å². The Hall–Kier alpha value is -3.66. The Morgan fingerprint density at radius 2 is 1.94 bits per heavy atom. The van der Waals surface area contributed by atoms with Crippen molar-refractivity contribution in [3.8, 4) is 0 Å². The molecule has 0 aliphatic carbocycles. The Labute approximate surface area is 205 Å². The smallest absolute Gasteiger partial charge is 0.271 e. The summed E-state index contributed by atoms with van der Waals surface area (Å²) in [6.45, 7) is 7.40. The minimum Gasteiger partial charge on any atom is -0.271 e. The number of hydrogen-bond donors (Lipinski definition) is 0. The maximum Gasteiger partial charge on any atom is 0.293 e. The number of aryl methyl sites for hydroxylation is 1. The molecule has 8 nitrogen and oxygen atoms in total. The third kappa shape index (κ3) is 4.18. The molecule has 1 aromatic carbocycles. The third-order valence-electron chi connectivity index (χ3n) is 6.01. The minimum atomic E-state index is -0.418. The van der Waals surface area contributed by atoms with Crippen LogP contribution in [0.3, 0.4) is 0 Å². The largest absolute Gasteiger partial charge is 0.293 e. The topological polar surface area (TPSA) is 85.4 Å². The zero-order chi connectivity index (χ0) is 24.9. The lowest BCUT2D eigenvalue weighted by atomic mass is 10.0. The zero-order valence-corrected chi connectivity index (χ0v) is 20.7. The molecule has 0 bridgehead atoms. The van der Waals surface area contributed by atoms with Gasteiger partial charge < -0.3 is 0 Å². The van der Waals surface area contributed by atoms with Crippen molar-refractivity contribution in [2.75, 3.05) is 0 Å². The Kier molecular flexibility index (Phi) is 5.63. The van der Waals surface area contributed by atoms with Crippen LogP contribution in [0.15, 0.2) is 57.9 Å². The van der Waals surface area contributed by atoms with Gasteiger partial charge in [-0.15, -0.1) is 11.3 Å². The Morgan fingerprint density at radius 3 is 2.60 bits per heavy atom. The quantitative estimate of drug-likeness (QED) is 0.427. The van der Waals surface area contributed by atoms with Gasteiger partial charge in [0.25, 0.3) is 11.5 Å². The Morgan fingerprint density at radius 1 is 1.20 bits per heavy atom. The first-order valence-corrected chi connectivity index (χ1v) is 12.2. The number of thiophene rings is 1. The van der Waals surface area contributed by atoms with E-state index in [1.807, 2.05) is 38.3 Å². The summed E-state index contributed by atoms with van der Waals surface area (Å²) in [6.07, 6.45) is 2.13. The second-order valence-corrected chi connectivity index (χ2v) is 10.5. The van der Waals surface area contributed by atoms with Crippen LogP contribution in [-0.2, 0) is 16.9 Å². The van der Waals surface area contributed by atoms with E-state index in [1.54, 1.807) is 41.3 Å². The van der Waals surface area contributed by atoms with Gasteiger partial charge in [-0.25, -0.2) is 14.1 Å². The molecule has 0 N–H and O–H groups in total. The molecule has 0 spiro atoms. The summed E-state index contributed by atoms with van der Waals surface area (Å²) in [5.41, 5.74) is 1.78. The molecule has 0 saturated heterocycles. The molecule has 35 heavy (non-hydrogen) atoms. The maximum absolute atomic E-state index is 13.6. The average molecular weight is 493 g/mol. The van der Waals surface area contributed by atoms with Crippen molar-refractivity contribution in [3.63, 3.8) is 0 Å². The molecule has 5 rings (SSSR count). The molecular weight excluding hydrogens is 467 g/mol. The van der Waals surface area contributed by atoms with Gasteiger partial charge in [-0.1, -0.05) is 18.2 Å². The lowest BCUT2D eigenvalue weighted by Gasteiger charge is -2.23. The summed E-state index contributed by atoms with van der Waals surface area (Å²) in [5.74, 6) is -0.722. The first-order chi connectivity index (χ1) is 16.6. The van der Waals surface area contributed by atoms with Gasteiger partial charge in [0.05, 0.1) is 34.1 Å². The molecule has 180 valence electrons. The molecule has 10 heteroatoms. The van der Waals surface area contributed by atoms with Gasteiger partial charge >= 0.3 is 0 Å². The highest BCUT2D eigenvalue weighted by molar-refractivity contribution is 7.12. The highest BCUT2D eigenvalue weighted by Crippen LogP contribution is 2.34. The van der Waals surface area contributed by atoms with E-state index in [4.69, 9.17) is 0 Å². The van der Waals surface area contributed by atoms with Crippen LogP contribution in [0.25, 0.3) is 10.9 Å². The van der Waals surface area contributed by atoms with Gasteiger partial charge in [0.15, 0.2) is 0 Å². The molecule has 1 amide bonds. The number of carbonyl (C=O) groups excluding carboxylic acids is 1. The van der Waals surface area contributed by atoms with E-state index in [9.17, 15) is 14.0 Å². The number of hydrogen-bond acceptors (Lipinski definition) is 6. The molecule has 1 aliphatic heterocycles. The second-order valence-electron chi connectivity index (χ2n) is 9.57. The predicted molar refractivity (Wildman–Crippen MR) is 133 cm³/mol. The van der Waals surface area contributed by atoms with Crippen LogP contribution in [0.5, 0.6) is 0 Å². The molecule has 3 aromatic heterocycles. The second kappa shape index (κ2) is 8.53.